The van der Waals surface area contributed by atoms with E-state index in [2.05, 4.69) is 0 Å². The highest BCUT2D eigenvalue weighted by molar-refractivity contribution is 14.1. The predicted molar refractivity (Wildman–Crippen MR) is 53.7 cm³/mol. The summed E-state index contributed by atoms with van der Waals surface area (Å²) in [5.41, 5.74) is -0.419. The molecule has 2 amide bonds. The minimum atomic E-state index is -0.419. The van der Waals surface area contributed by atoms with Crippen molar-refractivity contribution < 1.29 is 9.59 Å². The summed E-state index contributed by atoms with van der Waals surface area (Å²) in [6.07, 6.45) is 1.37. The van der Waals surface area contributed by atoms with Gasteiger partial charge in [-0.05, 0) is 43.4 Å². The van der Waals surface area contributed by atoms with Crippen molar-refractivity contribution in [3.63, 3.8) is 0 Å². The highest BCUT2D eigenvalue weighted by atomic mass is 127. The van der Waals surface area contributed by atoms with Crippen molar-refractivity contribution in [2.45, 2.75) is 26.3 Å². The van der Waals surface area contributed by atoms with Gasteiger partial charge in [-0.15, -0.1) is 0 Å². The third-order valence-electron chi connectivity index (χ3n) is 1.55. The van der Waals surface area contributed by atoms with E-state index in [0.717, 1.165) is 0 Å². The Bertz CT molecular complexity index is 275. The first-order valence-electron chi connectivity index (χ1n) is 3.60. The number of hydrogen-bond acceptors (Lipinski definition) is 2. The van der Waals surface area contributed by atoms with Gasteiger partial charge in [0, 0.05) is 11.6 Å². The van der Waals surface area contributed by atoms with E-state index in [4.69, 9.17) is 0 Å². The molecule has 0 aromatic heterocycles. The summed E-state index contributed by atoms with van der Waals surface area (Å²) in [7, 11) is 0. The van der Waals surface area contributed by atoms with E-state index >= 15 is 0 Å². The molecule has 0 spiro atoms. The molecule has 0 fully saturated rings. The van der Waals surface area contributed by atoms with E-state index in [1.165, 1.54) is 11.0 Å². The van der Waals surface area contributed by atoms with Gasteiger partial charge in [0.25, 0.3) is 11.8 Å². The van der Waals surface area contributed by atoms with Crippen molar-refractivity contribution in [2.75, 3.05) is 0 Å². The van der Waals surface area contributed by atoms with E-state index in [9.17, 15) is 9.59 Å². The van der Waals surface area contributed by atoms with Gasteiger partial charge in [-0.3, -0.25) is 14.5 Å². The number of amides is 2. The van der Waals surface area contributed by atoms with Crippen molar-refractivity contribution in [3.05, 3.63) is 9.66 Å². The molecule has 0 bridgehead atoms. The van der Waals surface area contributed by atoms with Crippen molar-refractivity contribution in [2.24, 2.45) is 0 Å². The molecular weight excluding hydrogens is 269 g/mol. The number of nitrogens with zero attached hydrogens (tertiary/aromatic N) is 1. The van der Waals surface area contributed by atoms with Gasteiger partial charge >= 0.3 is 0 Å². The molecule has 12 heavy (non-hydrogen) atoms. The standard InChI is InChI=1S/C8H10INO2/c1-8(2,3)10-6(11)4-5(9)7(10)12/h4H,1-3H3. The van der Waals surface area contributed by atoms with Gasteiger partial charge in [0.1, 0.15) is 0 Å². The van der Waals surface area contributed by atoms with Crippen molar-refractivity contribution >= 4 is 34.4 Å². The first kappa shape index (κ1) is 9.70. The maximum atomic E-state index is 11.4. The summed E-state index contributed by atoms with van der Waals surface area (Å²) in [5, 5.41) is 0. The van der Waals surface area contributed by atoms with E-state index in [1.54, 1.807) is 0 Å². The van der Waals surface area contributed by atoms with Gasteiger partial charge in [0.05, 0.1) is 3.58 Å². The lowest BCUT2D eigenvalue weighted by Gasteiger charge is -2.29. The van der Waals surface area contributed by atoms with Gasteiger partial charge in [0.15, 0.2) is 0 Å². The van der Waals surface area contributed by atoms with Crippen LogP contribution in [0, 0.1) is 0 Å². The molecule has 4 heteroatoms. The normalized spacial score (nSPS) is 18.7. The highest BCUT2D eigenvalue weighted by Gasteiger charge is 2.37. The zero-order valence-electron chi connectivity index (χ0n) is 7.22. The molecule has 1 rings (SSSR count). The molecule has 66 valence electrons. The maximum absolute atomic E-state index is 11.4. The summed E-state index contributed by atoms with van der Waals surface area (Å²) in [5.74, 6) is -0.398. The summed E-state index contributed by atoms with van der Waals surface area (Å²) >= 11 is 1.88. The molecule has 0 N–H and O–H groups in total. The second kappa shape index (κ2) is 2.83. The van der Waals surface area contributed by atoms with Crippen LogP contribution in [-0.4, -0.2) is 22.3 Å². The smallest absolute Gasteiger partial charge is 0.267 e. The van der Waals surface area contributed by atoms with Crippen molar-refractivity contribution in [3.8, 4) is 0 Å². The quantitative estimate of drug-likeness (QED) is 0.497. The molecule has 0 aliphatic carbocycles. The Morgan fingerprint density at radius 3 is 2.00 bits per heavy atom. The molecule has 0 aromatic rings. The number of hydrogen-bond donors (Lipinski definition) is 0. The molecule has 0 unspecified atom stereocenters. The molecule has 0 radical (unpaired) electrons. The first-order valence-corrected chi connectivity index (χ1v) is 4.67. The molecular formula is C8H10INO2. The van der Waals surface area contributed by atoms with Crippen LogP contribution in [0.5, 0.6) is 0 Å². The van der Waals surface area contributed by atoms with Gasteiger partial charge in [-0.25, -0.2) is 0 Å². The molecule has 3 nitrogen and oxygen atoms in total. The number of rotatable bonds is 0. The van der Waals surface area contributed by atoms with Crippen LogP contribution >= 0.6 is 22.6 Å². The van der Waals surface area contributed by atoms with Crippen molar-refractivity contribution in [1.29, 1.82) is 0 Å². The van der Waals surface area contributed by atoms with E-state index in [-0.39, 0.29) is 11.8 Å². The lowest BCUT2D eigenvalue weighted by molar-refractivity contribution is -0.142. The summed E-state index contributed by atoms with van der Waals surface area (Å²) in [4.78, 5) is 23.9. The molecule has 0 saturated heterocycles. The molecule has 1 heterocycles. The number of imide groups is 1. The topological polar surface area (TPSA) is 37.4 Å². The summed E-state index contributed by atoms with van der Waals surface area (Å²) < 4.78 is 0.493. The van der Waals surface area contributed by atoms with Crippen LogP contribution in [0.2, 0.25) is 0 Å². The predicted octanol–water partition coefficient (Wildman–Crippen LogP) is 1.47. The minimum Gasteiger partial charge on any atom is -0.269 e. The number of halogens is 1. The summed E-state index contributed by atoms with van der Waals surface area (Å²) in [6, 6.07) is 0. The first-order chi connectivity index (χ1) is 5.34. The fourth-order valence-corrected chi connectivity index (χ4v) is 1.58. The van der Waals surface area contributed by atoms with Crippen LogP contribution in [0.25, 0.3) is 0 Å². The Morgan fingerprint density at radius 1 is 1.33 bits per heavy atom. The molecule has 0 saturated carbocycles. The zero-order valence-corrected chi connectivity index (χ0v) is 9.38. The van der Waals surface area contributed by atoms with Gasteiger partial charge in [0.2, 0.25) is 0 Å². The fraction of sp³-hybridized carbons (Fsp3) is 0.500. The minimum absolute atomic E-state index is 0.187. The largest absolute Gasteiger partial charge is 0.269 e. The number of carbonyl (C=O) groups is 2. The van der Waals surface area contributed by atoms with Crippen molar-refractivity contribution in [1.82, 2.24) is 4.90 Å². The van der Waals surface area contributed by atoms with Gasteiger partial charge in [-0.1, -0.05) is 0 Å². The molecule has 0 atom stereocenters. The van der Waals surface area contributed by atoms with Crippen LogP contribution < -0.4 is 0 Å². The third-order valence-corrected chi connectivity index (χ3v) is 2.32. The van der Waals surface area contributed by atoms with Crippen LogP contribution in [0.4, 0.5) is 0 Å². The monoisotopic (exact) mass is 279 g/mol. The van der Waals surface area contributed by atoms with E-state index in [1.807, 2.05) is 43.4 Å². The van der Waals surface area contributed by atoms with E-state index < -0.39 is 5.54 Å². The third kappa shape index (κ3) is 1.53. The second-order valence-corrected chi connectivity index (χ2v) is 4.80. The Labute approximate surface area is 84.9 Å². The van der Waals surface area contributed by atoms with Gasteiger partial charge < -0.3 is 0 Å². The van der Waals surface area contributed by atoms with Crippen LogP contribution in [0.3, 0.4) is 0 Å². The van der Waals surface area contributed by atoms with Crippen LogP contribution in [-0.2, 0) is 9.59 Å². The Balaban J connectivity index is 2.99. The molecule has 0 aromatic carbocycles. The Kier molecular flexibility index (Phi) is 2.29. The average molecular weight is 279 g/mol. The zero-order chi connectivity index (χ0) is 9.52. The second-order valence-electron chi connectivity index (χ2n) is 3.64. The highest BCUT2D eigenvalue weighted by Crippen LogP contribution is 2.25. The number of carbonyl (C=O) groups excluding carboxylic acids is 2. The van der Waals surface area contributed by atoms with Gasteiger partial charge in [-0.2, -0.15) is 0 Å². The molecule has 1 aliphatic rings. The Hall–Kier alpha value is -0.390. The fourth-order valence-electron chi connectivity index (χ4n) is 1.08. The SMILES string of the molecule is CC(C)(C)N1C(=O)C=C(I)C1=O. The van der Waals surface area contributed by atoms with Crippen LogP contribution in [0.1, 0.15) is 20.8 Å². The Morgan fingerprint density at radius 2 is 1.83 bits per heavy atom. The average Bonchev–Trinajstić information content (AvgIpc) is 2.05. The molecule has 1 aliphatic heterocycles. The maximum Gasteiger partial charge on any atom is 0.267 e. The van der Waals surface area contributed by atoms with Crippen LogP contribution in [0.15, 0.2) is 9.66 Å². The lowest BCUT2D eigenvalue weighted by Crippen LogP contribution is -2.45. The summed E-state index contributed by atoms with van der Waals surface area (Å²) in [6.45, 7) is 5.52. The lowest BCUT2D eigenvalue weighted by atomic mass is 10.1. The van der Waals surface area contributed by atoms with E-state index in [0.29, 0.717) is 3.58 Å².